The maximum atomic E-state index is 11.5. The summed E-state index contributed by atoms with van der Waals surface area (Å²) in [5, 5.41) is 5.69. The molecule has 1 N–H and O–H groups in total. The lowest BCUT2D eigenvalue weighted by atomic mass is 10.0. The van der Waals surface area contributed by atoms with Crippen LogP contribution in [0, 0.1) is 0 Å². The van der Waals surface area contributed by atoms with Crippen molar-refractivity contribution in [2.45, 2.75) is 31.8 Å². The summed E-state index contributed by atoms with van der Waals surface area (Å²) in [5.41, 5.74) is 7.55. The number of H-pyrrole nitrogens is 1. The van der Waals surface area contributed by atoms with Crippen molar-refractivity contribution in [1.82, 2.24) is 19.7 Å². The first-order chi connectivity index (χ1) is 16.6. The van der Waals surface area contributed by atoms with Crippen molar-refractivity contribution in [2.75, 3.05) is 13.7 Å². The van der Waals surface area contributed by atoms with Crippen molar-refractivity contribution in [2.24, 2.45) is 7.05 Å². The molecule has 34 heavy (non-hydrogen) atoms. The van der Waals surface area contributed by atoms with E-state index in [-0.39, 0.29) is 5.97 Å². The topological polar surface area (TPSA) is 63.1 Å². The van der Waals surface area contributed by atoms with Gasteiger partial charge < -0.3 is 9.72 Å². The minimum Gasteiger partial charge on any atom is -0.466 e. The van der Waals surface area contributed by atoms with Crippen LogP contribution >= 0.6 is 0 Å². The molecule has 2 aromatic heterocycles. The highest BCUT2D eigenvalue weighted by atomic mass is 16.5. The summed E-state index contributed by atoms with van der Waals surface area (Å²) in [5.74, 6) is -0.335. The first-order valence-electron chi connectivity index (χ1n) is 11.8. The molecular weight excluding hydrogens is 424 g/mol. The van der Waals surface area contributed by atoms with Crippen LogP contribution in [0.1, 0.15) is 40.3 Å². The molecule has 1 unspecified atom stereocenters. The van der Waals surface area contributed by atoms with E-state index in [0.717, 1.165) is 37.9 Å². The summed E-state index contributed by atoms with van der Waals surface area (Å²) in [7, 11) is 3.36. The Morgan fingerprint density at radius 1 is 1.29 bits per heavy atom. The highest BCUT2D eigenvalue weighted by Gasteiger charge is 2.28. The van der Waals surface area contributed by atoms with Gasteiger partial charge >= 0.3 is 5.97 Å². The summed E-state index contributed by atoms with van der Waals surface area (Å²) in [6, 6.07) is 15.4. The summed E-state index contributed by atoms with van der Waals surface area (Å²) >= 11 is 0. The fourth-order valence-corrected chi connectivity index (χ4v) is 5.07. The zero-order valence-corrected chi connectivity index (χ0v) is 19.7. The molecule has 0 saturated heterocycles. The van der Waals surface area contributed by atoms with Gasteiger partial charge in [-0.3, -0.25) is 9.58 Å². The molecule has 0 amide bonds. The number of esters is 1. The zero-order chi connectivity index (χ0) is 23.5. The Morgan fingerprint density at radius 2 is 2.18 bits per heavy atom. The van der Waals surface area contributed by atoms with Crippen LogP contribution < -0.4 is 0 Å². The number of carbonyl (C=O) groups excluding carboxylic acids is 1. The number of carbonyl (C=O) groups is 1. The molecule has 2 heterocycles. The Labute approximate surface area is 199 Å². The molecule has 2 aromatic carbocycles. The second-order valence-corrected chi connectivity index (χ2v) is 8.97. The number of para-hydroxylation sites is 1. The molecule has 4 aromatic rings. The molecular formula is C28H30N4O2. The molecule has 6 heteroatoms. The Kier molecular flexibility index (Phi) is 6.32. The van der Waals surface area contributed by atoms with Crippen molar-refractivity contribution in [1.29, 1.82) is 0 Å². The Hall–Kier alpha value is -3.64. The van der Waals surface area contributed by atoms with Gasteiger partial charge in [-0.25, -0.2) is 4.79 Å². The third-order valence-electron chi connectivity index (χ3n) is 6.75. The van der Waals surface area contributed by atoms with Gasteiger partial charge in [0.05, 0.1) is 13.3 Å². The monoisotopic (exact) mass is 454 g/mol. The standard InChI is InChI=1S/C28H30N4O2/c1-31-18-21(16-30-31)19-32(14-13-23-17-29-26-6-4-3-5-24(23)26)27-11-9-22-15-20(7-10-25(22)27)8-12-28(33)34-2/h3-8,10,12,15-18,27,29H,9,11,13-14,19H2,1-2H3/b12-8+. The normalized spacial score (nSPS) is 15.4. The zero-order valence-electron chi connectivity index (χ0n) is 19.7. The molecule has 0 saturated carbocycles. The second-order valence-electron chi connectivity index (χ2n) is 8.97. The van der Waals surface area contributed by atoms with E-state index in [1.165, 1.54) is 46.3 Å². The van der Waals surface area contributed by atoms with Crippen molar-refractivity contribution >= 4 is 22.9 Å². The average molecular weight is 455 g/mol. The summed E-state index contributed by atoms with van der Waals surface area (Å²) < 4.78 is 6.58. The molecule has 0 aliphatic heterocycles. The van der Waals surface area contributed by atoms with E-state index in [4.69, 9.17) is 4.74 Å². The van der Waals surface area contributed by atoms with Crippen molar-refractivity contribution in [3.63, 3.8) is 0 Å². The number of nitrogens with zero attached hydrogens (tertiary/aromatic N) is 3. The van der Waals surface area contributed by atoms with E-state index < -0.39 is 0 Å². The molecule has 6 nitrogen and oxygen atoms in total. The molecule has 1 aliphatic rings. The van der Waals surface area contributed by atoms with Gasteiger partial charge in [0, 0.05) is 61.1 Å². The van der Waals surface area contributed by atoms with Gasteiger partial charge in [0.15, 0.2) is 0 Å². The van der Waals surface area contributed by atoms with E-state index in [0.29, 0.717) is 6.04 Å². The van der Waals surface area contributed by atoms with Crippen LogP contribution in [0.25, 0.3) is 17.0 Å². The molecule has 0 bridgehead atoms. The van der Waals surface area contributed by atoms with Crippen LogP contribution in [0.3, 0.4) is 0 Å². The number of hydrogen-bond acceptors (Lipinski definition) is 4. The van der Waals surface area contributed by atoms with E-state index >= 15 is 0 Å². The maximum absolute atomic E-state index is 11.5. The number of aromatic amines is 1. The highest BCUT2D eigenvalue weighted by Crippen LogP contribution is 2.37. The minimum atomic E-state index is -0.335. The van der Waals surface area contributed by atoms with Gasteiger partial charge in [0.1, 0.15) is 0 Å². The van der Waals surface area contributed by atoms with E-state index in [1.807, 2.05) is 24.0 Å². The molecule has 5 rings (SSSR count). The number of fused-ring (bicyclic) bond motifs is 2. The first-order valence-corrected chi connectivity index (χ1v) is 11.8. The fraction of sp³-hybridized carbons (Fsp3) is 0.286. The van der Waals surface area contributed by atoms with Gasteiger partial charge in [-0.2, -0.15) is 5.10 Å². The van der Waals surface area contributed by atoms with Crippen molar-refractivity contribution in [3.8, 4) is 0 Å². The quantitative estimate of drug-likeness (QED) is 0.306. The molecule has 174 valence electrons. The van der Waals surface area contributed by atoms with Gasteiger partial charge in [-0.05, 0) is 53.7 Å². The van der Waals surface area contributed by atoms with Gasteiger partial charge in [0.25, 0.3) is 0 Å². The smallest absolute Gasteiger partial charge is 0.330 e. The lowest BCUT2D eigenvalue weighted by molar-refractivity contribution is -0.134. The Morgan fingerprint density at radius 3 is 3.00 bits per heavy atom. The second kappa shape index (κ2) is 9.69. The third-order valence-corrected chi connectivity index (χ3v) is 6.75. The molecule has 0 spiro atoms. The van der Waals surface area contributed by atoms with Crippen LogP contribution in [-0.4, -0.2) is 39.3 Å². The number of nitrogens with one attached hydrogen (secondary N) is 1. The van der Waals surface area contributed by atoms with E-state index in [9.17, 15) is 4.79 Å². The largest absolute Gasteiger partial charge is 0.466 e. The number of methoxy groups -OCH3 is 1. The highest BCUT2D eigenvalue weighted by molar-refractivity contribution is 5.87. The molecule has 0 radical (unpaired) electrons. The predicted molar refractivity (Wildman–Crippen MR) is 134 cm³/mol. The van der Waals surface area contributed by atoms with E-state index in [2.05, 4.69) is 69.8 Å². The molecule has 1 aliphatic carbocycles. The van der Waals surface area contributed by atoms with Gasteiger partial charge in [0.2, 0.25) is 0 Å². The predicted octanol–water partition coefficient (Wildman–Crippen LogP) is 4.82. The number of aryl methyl sites for hydroxylation is 2. The first kappa shape index (κ1) is 22.2. The van der Waals surface area contributed by atoms with Crippen LogP contribution in [0.4, 0.5) is 0 Å². The Balaban J connectivity index is 1.38. The van der Waals surface area contributed by atoms with Crippen molar-refractivity contribution in [3.05, 3.63) is 94.9 Å². The van der Waals surface area contributed by atoms with Crippen LogP contribution in [0.15, 0.2) is 67.1 Å². The van der Waals surface area contributed by atoms with Crippen LogP contribution in [0.2, 0.25) is 0 Å². The minimum absolute atomic E-state index is 0.335. The summed E-state index contributed by atoms with van der Waals surface area (Å²) in [6.07, 6.45) is 12.6. The fourth-order valence-electron chi connectivity index (χ4n) is 5.07. The number of aromatic nitrogens is 3. The maximum Gasteiger partial charge on any atom is 0.330 e. The third kappa shape index (κ3) is 4.68. The number of hydrogen-bond donors (Lipinski definition) is 1. The summed E-state index contributed by atoms with van der Waals surface area (Å²) in [4.78, 5) is 17.5. The Bertz CT molecular complexity index is 1330. The lowest BCUT2D eigenvalue weighted by Crippen LogP contribution is -2.29. The molecule has 0 fully saturated rings. The van der Waals surface area contributed by atoms with Gasteiger partial charge in [-0.1, -0.05) is 36.4 Å². The SMILES string of the molecule is COC(=O)/C=C/c1ccc2c(c1)CCC2N(CCc1c[nH]c2ccccc12)Cc1cnn(C)c1. The van der Waals surface area contributed by atoms with Crippen LogP contribution in [0.5, 0.6) is 0 Å². The number of benzene rings is 2. The summed E-state index contributed by atoms with van der Waals surface area (Å²) in [6.45, 7) is 1.83. The van der Waals surface area contributed by atoms with Crippen molar-refractivity contribution < 1.29 is 9.53 Å². The van der Waals surface area contributed by atoms with Gasteiger partial charge in [-0.15, -0.1) is 0 Å². The average Bonchev–Trinajstić information content (AvgIpc) is 3.58. The van der Waals surface area contributed by atoms with E-state index in [1.54, 1.807) is 0 Å². The number of rotatable bonds is 8. The number of ether oxygens (including phenoxy) is 1. The molecule has 1 atom stereocenters. The van der Waals surface area contributed by atoms with Crippen LogP contribution in [-0.2, 0) is 36.0 Å². The lowest BCUT2D eigenvalue weighted by Gasteiger charge is -2.29.